The van der Waals surface area contributed by atoms with Crippen LogP contribution in [0.3, 0.4) is 0 Å². The molecule has 0 aliphatic carbocycles. The molecule has 0 saturated heterocycles. The number of allylic oxidation sites excluding steroid dienone is 4. The molecule has 37 heavy (non-hydrogen) atoms. The van der Waals surface area contributed by atoms with E-state index in [1.807, 2.05) is 30.7 Å². The number of hydrogen-bond acceptors (Lipinski definition) is 7. The maximum atomic E-state index is 6.04. The van der Waals surface area contributed by atoms with E-state index >= 15 is 0 Å². The van der Waals surface area contributed by atoms with Crippen LogP contribution in [0, 0.1) is 5.92 Å². The van der Waals surface area contributed by atoms with Gasteiger partial charge in [0.25, 0.3) is 0 Å². The molecule has 0 amide bonds. The van der Waals surface area contributed by atoms with Crippen LogP contribution in [0.5, 0.6) is 5.75 Å². The Bertz CT molecular complexity index is 1280. The van der Waals surface area contributed by atoms with E-state index in [0.29, 0.717) is 23.3 Å². The van der Waals surface area contributed by atoms with Gasteiger partial charge < -0.3 is 19.5 Å². The summed E-state index contributed by atoms with van der Waals surface area (Å²) in [5.41, 5.74) is 5.93. The van der Waals surface area contributed by atoms with Crippen LogP contribution in [0.2, 0.25) is 0 Å². The van der Waals surface area contributed by atoms with Crippen molar-refractivity contribution in [2.75, 3.05) is 23.3 Å². The number of hydrogen-bond donors (Lipinski definition) is 1. The van der Waals surface area contributed by atoms with Gasteiger partial charge in [0.1, 0.15) is 11.3 Å². The molecule has 3 heterocycles. The van der Waals surface area contributed by atoms with Crippen LogP contribution in [-0.4, -0.2) is 43.7 Å². The lowest BCUT2D eigenvalue weighted by Crippen LogP contribution is -2.29. The average Bonchev–Trinajstić information content (AvgIpc) is 3.22. The molecular weight excluding hydrogens is 462 g/mol. The molecule has 0 fully saturated rings. The Hall–Kier alpha value is -3.68. The molecule has 0 radical (unpaired) electrons. The first-order valence-corrected chi connectivity index (χ1v) is 12.9. The Labute approximate surface area is 222 Å². The van der Waals surface area contributed by atoms with Gasteiger partial charge in [0, 0.05) is 46.1 Å². The largest absolute Gasteiger partial charge is 0.491 e. The van der Waals surface area contributed by atoms with E-state index in [0.717, 1.165) is 42.0 Å². The summed E-state index contributed by atoms with van der Waals surface area (Å²) in [5, 5.41) is 3.56. The first-order chi connectivity index (χ1) is 17.6. The summed E-state index contributed by atoms with van der Waals surface area (Å²) < 4.78 is 7.99. The maximum Gasteiger partial charge on any atom is 0.229 e. The molecule has 0 aliphatic rings. The topological polar surface area (TPSA) is 81.0 Å². The third-order valence-electron chi connectivity index (χ3n) is 6.23. The zero-order valence-electron chi connectivity index (χ0n) is 23.5. The third kappa shape index (κ3) is 7.18. The minimum absolute atomic E-state index is 0. The number of anilines is 2. The minimum atomic E-state index is 0. The number of ether oxygens (including phenoxy) is 1. The molecule has 1 N–H and O–H groups in total. The lowest BCUT2D eigenvalue weighted by atomic mass is 9.96. The van der Waals surface area contributed by atoms with E-state index < -0.39 is 0 Å². The molecule has 0 aromatic carbocycles. The summed E-state index contributed by atoms with van der Waals surface area (Å²) in [4.78, 5) is 20.5. The van der Waals surface area contributed by atoms with Crippen molar-refractivity contribution in [3.05, 3.63) is 65.9 Å². The number of nitrogens with zero attached hydrogens (tertiary/aromatic N) is 6. The molecule has 0 spiro atoms. The van der Waals surface area contributed by atoms with Crippen LogP contribution in [0.15, 0.2) is 65.9 Å². The summed E-state index contributed by atoms with van der Waals surface area (Å²) in [7, 11) is 1.96. The summed E-state index contributed by atoms with van der Waals surface area (Å²) >= 11 is 0. The summed E-state index contributed by atoms with van der Waals surface area (Å²) in [5.74, 6) is 2.57. The van der Waals surface area contributed by atoms with Gasteiger partial charge >= 0.3 is 0 Å². The second-order valence-corrected chi connectivity index (χ2v) is 9.95. The number of imidazole rings is 1. The number of nitrogens with one attached hydrogen (secondary N) is 1. The Morgan fingerprint density at radius 3 is 2.49 bits per heavy atom. The highest BCUT2D eigenvalue weighted by atomic mass is 16.5. The standard InChI is InChI=1S/C29H41N7O.H2/c1-10-36(16-13-22(8)37-23-11-14-30-15-12-23)29-33-27-26(35(9)18-31-27)28(34-29)32-25(21(6)7)17-24(19(2)3)20(4)5;/h11-12,14-15,17-19,22H,6,10,13,16H2,1-5,7-9H3,(H,32,33,34);1H/b25-17+;. The molecule has 3 aromatic rings. The second-order valence-electron chi connectivity index (χ2n) is 9.95. The number of aryl methyl sites for hydroxylation is 1. The highest BCUT2D eigenvalue weighted by Gasteiger charge is 2.18. The van der Waals surface area contributed by atoms with Gasteiger partial charge in [0.2, 0.25) is 5.95 Å². The van der Waals surface area contributed by atoms with Gasteiger partial charge in [0.05, 0.1) is 12.4 Å². The number of fused-ring (bicyclic) bond motifs is 1. The van der Waals surface area contributed by atoms with Crippen LogP contribution in [-0.2, 0) is 7.05 Å². The average molecular weight is 506 g/mol. The molecule has 0 saturated carbocycles. The summed E-state index contributed by atoms with van der Waals surface area (Å²) in [6.07, 6.45) is 8.28. The Balaban J connectivity index is 0.00000507. The Morgan fingerprint density at radius 2 is 1.89 bits per heavy atom. The molecule has 200 valence electrons. The van der Waals surface area contributed by atoms with E-state index in [2.05, 4.69) is 74.4 Å². The smallest absolute Gasteiger partial charge is 0.229 e. The van der Waals surface area contributed by atoms with Crippen molar-refractivity contribution < 1.29 is 6.16 Å². The van der Waals surface area contributed by atoms with Crippen molar-refractivity contribution >= 4 is 22.9 Å². The summed E-state index contributed by atoms with van der Waals surface area (Å²) in [6, 6.07) is 3.74. The third-order valence-corrected chi connectivity index (χ3v) is 6.23. The van der Waals surface area contributed by atoms with Gasteiger partial charge in [-0.25, -0.2) is 4.98 Å². The Kier molecular flexibility index (Phi) is 9.44. The van der Waals surface area contributed by atoms with Gasteiger partial charge in [-0.1, -0.05) is 26.0 Å². The minimum Gasteiger partial charge on any atom is -0.491 e. The van der Waals surface area contributed by atoms with Crippen molar-refractivity contribution in [1.82, 2.24) is 24.5 Å². The maximum absolute atomic E-state index is 6.04. The molecule has 3 aromatic heterocycles. The van der Waals surface area contributed by atoms with Crippen LogP contribution >= 0.6 is 0 Å². The zero-order valence-corrected chi connectivity index (χ0v) is 23.5. The van der Waals surface area contributed by atoms with E-state index in [4.69, 9.17) is 14.7 Å². The second kappa shape index (κ2) is 12.5. The number of pyridine rings is 1. The quantitative estimate of drug-likeness (QED) is 0.279. The van der Waals surface area contributed by atoms with Crippen molar-refractivity contribution in [3.63, 3.8) is 0 Å². The van der Waals surface area contributed by atoms with Crippen molar-refractivity contribution in [1.29, 1.82) is 0 Å². The van der Waals surface area contributed by atoms with E-state index in [1.165, 1.54) is 11.1 Å². The lowest BCUT2D eigenvalue weighted by Gasteiger charge is -2.24. The molecular formula is C29H43N7O. The van der Waals surface area contributed by atoms with Gasteiger partial charge in [0.15, 0.2) is 11.5 Å². The fourth-order valence-corrected chi connectivity index (χ4v) is 4.16. The first kappa shape index (κ1) is 27.9. The van der Waals surface area contributed by atoms with E-state index in [9.17, 15) is 0 Å². The lowest BCUT2D eigenvalue weighted by molar-refractivity contribution is 0.212. The van der Waals surface area contributed by atoms with Crippen molar-refractivity contribution in [3.8, 4) is 5.75 Å². The molecule has 8 nitrogen and oxygen atoms in total. The fourth-order valence-electron chi connectivity index (χ4n) is 4.16. The molecule has 3 rings (SSSR count). The SMILES string of the molecule is C=C(C)/C(=C\C(=C(C)C)C(C)C)Nc1nc(N(CC)CCC(C)Oc2ccncc2)nc2ncn(C)c12.[HH]. The molecule has 1 unspecified atom stereocenters. The molecule has 1 atom stereocenters. The van der Waals surface area contributed by atoms with Crippen LogP contribution in [0.4, 0.5) is 11.8 Å². The van der Waals surface area contributed by atoms with Crippen LogP contribution < -0.4 is 15.0 Å². The predicted molar refractivity (Wildman–Crippen MR) is 155 cm³/mol. The number of aromatic nitrogens is 5. The highest BCUT2D eigenvalue weighted by molar-refractivity contribution is 5.85. The van der Waals surface area contributed by atoms with Gasteiger partial charge in [-0.3, -0.25) is 4.98 Å². The van der Waals surface area contributed by atoms with E-state index in [1.54, 1.807) is 18.7 Å². The van der Waals surface area contributed by atoms with Crippen molar-refractivity contribution in [2.45, 2.75) is 61.0 Å². The monoisotopic (exact) mass is 505 g/mol. The van der Waals surface area contributed by atoms with Gasteiger partial charge in [-0.05, 0) is 69.9 Å². The summed E-state index contributed by atoms with van der Waals surface area (Å²) in [6.45, 7) is 20.6. The molecule has 0 aliphatic heterocycles. The van der Waals surface area contributed by atoms with Crippen LogP contribution in [0.1, 0.15) is 56.3 Å². The molecule has 0 bridgehead atoms. The predicted octanol–water partition coefficient (Wildman–Crippen LogP) is 6.55. The zero-order chi connectivity index (χ0) is 27.1. The number of rotatable bonds is 12. The van der Waals surface area contributed by atoms with Crippen molar-refractivity contribution in [2.24, 2.45) is 13.0 Å². The first-order valence-electron chi connectivity index (χ1n) is 12.9. The van der Waals surface area contributed by atoms with Crippen LogP contribution in [0.25, 0.3) is 11.2 Å². The highest BCUT2D eigenvalue weighted by Crippen LogP contribution is 2.27. The fraction of sp³-hybridized carbons (Fsp3) is 0.448. The van der Waals surface area contributed by atoms with E-state index in [-0.39, 0.29) is 7.53 Å². The Morgan fingerprint density at radius 1 is 1.19 bits per heavy atom. The van der Waals surface area contributed by atoms with Gasteiger partial charge in [-0.15, -0.1) is 0 Å². The molecule has 8 heteroatoms. The normalized spacial score (nSPS) is 12.5. The van der Waals surface area contributed by atoms with Gasteiger partial charge in [-0.2, -0.15) is 9.97 Å².